The molecule has 0 amide bonds. The molecule has 0 fully saturated rings. The van der Waals surface area contributed by atoms with E-state index in [9.17, 15) is 4.79 Å². The molecule has 1 atom stereocenters. The number of nitrogens with zero attached hydrogens (tertiary/aromatic N) is 4. The number of rotatable bonds is 8. The molecule has 0 saturated carbocycles. The molecule has 0 aliphatic heterocycles. The van der Waals surface area contributed by atoms with Gasteiger partial charge in [-0.15, -0.1) is 5.10 Å². The number of carboxylic acids is 1. The predicted octanol–water partition coefficient (Wildman–Crippen LogP) is 0.816. The predicted molar refractivity (Wildman–Crippen MR) is 65.9 cm³/mol. The maximum absolute atomic E-state index is 11.1. The fraction of sp³-hybridized carbons (Fsp3) is 0.818. The highest BCUT2D eigenvalue weighted by molar-refractivity contribution is 5.78. The molecule has 0 radical (unpaired) electrons. The molecule has 1 aromatic rings. The van der Waals surface area contributed by atoms with Gasteiger partial charge in [0.1, 0.15) is 5.54 Å². The molecule has 1 unspecified atom stereocenters. The van der Waals surface area contributed by atoms with Crippen molar-refractivity contribution in [2.75, 3.05) is 0 Å². The van der Waals surface area contributed by atoms with E-state index in [1.807, 2.05) is 6.92 Å². The van der Waals surface area contributed by atoms with Gasteiger partial charge in [-0.05, 0) is 30.2 Å². The summed E-state index contributed by atoms with van der Waals surface area (Å²) in [6.45, 7) is 6.71. The van der Waals surface area contributed by atoms with Gasteiger partial charge in [-0.2, -0.15) is 0 Å². The Balaban J connectivity index is 2.62. The molecule has 7 nitrogen and oxygen atoms in total. The molecule has 1 aromatic heterocycles. The summed E-state index contributed by atoms with van der Waals surface area (Å²) in [6.07, 6.45) is 2.56. The minimum atomic E-state index is -0.943. The number of carbonyl (C=O) groups is 1. The maximum atomic E-state index is 11.1. The van der Waals surface area contributed by atoms with Crippen LogP contribution in [0.25, 0.3) is 0 Å². The van der Waals surface area contributed by atoms with E-state index in [2.05, 4.69) is 27.8 Å². The highest BCUT2D eigenvalue weighted by atomic mass is 16.4. The van der Waals surface area contributed by atoms with E-state index < -0.39 is 11.5 Å². The van der Waals surface area contributed by atoms with Crippen molar-refractivity contribution in [3.8, 4) is 0 Å². The molecule has 1 rings (SSSR count). The maximum Gasteiger partial charge on any atom is 0.323 e. The molecule has 0 bridgehead atoms. The molecular weight excluding hydrogens is 234 g/mol. The second-order valence-corrected chi connectivity index (χ2v) is 4.52. The van der Waals surface area contributed by atoms with Crippen LogP contribution in [0.5, 0.6) is 0 Å². The third kappa shape index (κ3) is 3.49. The van der Waals surface area contributed by atoms with Crippen LogP contribution in [0.3, 0.4) is 0 Å². The third-order valence-electron chi connectivity index (χ3n) is 3.15. The van der Waals surface area contributed by atoms with Crippen molar-refractivity contribution in [1.29, 1.82) is 0 Å². The Morgan fingerprint density at radius 2 is 2.22 bits per heavy atom. The van der Waals surface area contributed by atoms with E-state index in [4.69, 9.17) is 5.11 Å². The molecule has 7 heteroatoms. The van der Waals surface area contributed by atoms with Crippen LogP contribution in [-0.4, -0.2) is 36.8 Å². The fourth-order valence-electron chi connectivity index (χ4n) is 1.46. The molecule has 0 aliphatic carbocycles. The normalized spacial score (nSPS) is 14.4. The van der Waals surface area contributed by atoms with Gasteiger partial charge in [0.25, 0.3) is 0 Å². The lowest BCUT2D eigenvalue weighted by Crippen LogP contribution is -2.48. The Morgan fingerprint density at radius 1 is 1.50 bits per heavy atom. The topological polar surface area (TPSA) is 92.9 Å². The molecule has 18 heavy (non-hydrogen) atoms. The SMILES string of the molecule is CCCCn1nnnc1CNC(C)(CC)C(=O)O. The minimum absolute atomic E-state index is 0.355. The first-order chi connectivity index (χ1) is 8.53. The lowest BCUT2D eigenvalue weighted by molar-refractivity contribution is -0.144. The Bertz CT molecular complexity index is 393. The van der Waals surface area contributed by atoms with Gasteiger partial charge in [0.15, 0.2) is 5.82 Å². The molecule has 0 spiro atoms. The van der Waals surface area contributed by atoms with Crippen molar-refractivity contribution < 1.29 is 9.90 Å². The van der Waals surface area contributed by atoms with E-state index in [0.29, 0.717) is 18.8 Å². The summed E-state index contributed by atoms with van der Waals surface area (Å²) >= 11 is 0. The van der Waals surface area contributed by atoms with Gasteiger partial charge in [0.05, 0.1) is 6.54 Å². The van der Waals surface area contributed by atoms with E-state index >= 15 is 0 Å². The van der Waals surface area contributed by atoms with Gasteiger partial charge in [0.2, 0.25) is 0 Å². The average Bonchev–Trinajstić information content (AvgIpc) is 2.80. The van der Waals surface area contributed by atoms with Crippen LogP contribution in [0.1, 0.15) is 45.9 Å². The first kappa shape index (κ1) is 14.6. The zero-order chi connectivity index (χ0) is 13.6. The Hall–Kier alpha value is -1.50. The smallest absolute Gasteiger partial charge is 0.323 e. The molecule has 1 heterocycles. The molecular formula is C11H21N5O2. The van der Waals surface area contributed by atoms with Crippen LogP contribution < -0.4 is 5.32 Å². The summed E-state index contributed by atoms with van der Waals surface area (Å²) in [5, 5.41) is 23.6. The number of aromatic nitrogens is 4. The number of hydrogen-bond acceptors (Lipinski definition) is 5. The summed E-state index contributed by atoms with van der Waals surface area (Å²) in [4.78, 5) is 11.1. The van der Waals surface area contributed by atoms with Crippen molar-refractivity contribution in [2.45, 2.75) is 58.7 Å². The summed E-state index contributed by atoms with van der Waals surface area (Å²) in [5.74, 6) is -0.193. The Morgan fingerprint density at radius 3 is 2.78 bits per heavy atom. The van der Waals surface area contributed by atoms with E-state index in [-0.39, 0.29) is 0 Å². The summed E-state index contributed by atoms with van der Waals surface area (Å²) < 4.78 is 1.72. The number of aryl methyl sites for hydroxylation is 1. The Labute approximate surface area is 107 Å². The second-order valence-electron chi connectivity index (χ2n) is 4.52. The van der Waals surface area contributed by atoms with Crippen LogP contribution in [0, 0.1) is 0 Å². The minimum Gasteiger partial charge on any atom is -0.480 e. The highest BCUT2D eigenvalue weighted by Crippen LogP contribution is 2.10. The number of carboxylic acid groups (broad SMARTS) is 1. The van der Waals surface area contributed by atoms with Crippen molar-refractivity contribution in [2.24, 2.45) is 0 Å². The molecule has 0 aliphatic rings. The van der Waals surface area contributed by atoms with Crippen LogP contribution in [0.4, 0.5) is 0 Å². The van der Waals surface area contributed by atoms with Gasteiger partial charge in [-0.25, -0.2) is 4.68 Å². The molecule has 102 valence electrons. The second kappa shape index (κ2) is 6.44. The summed E-state index contributed by atoms with van der Waals surface area (Å²) in [6, 6.07) is 0. The van der Waals surface area contributed by atoms with Crippen molar-refractivity contribution in [3.05, 3.63) is 5.82 Å². The van der Waals surface area contributed by atoms with Gasteiger partial charge in [-0.3, -0.25) is 10.1 Å². The highest BCUT2D eigenvalue weighted by Gasteiger charge is 2.30. The van der Waals surface area contributed by atoms with Crippen molar-refractivity contribution in [1.82, 2.24) is 25.5 Å². The van der Waals surface area contributed by atoms with Crippen LogP contribution >= 0.6 is 0 Å². The number of nitrogens with one attached hydrogen (secondary N) is 1. The van der Waals surface area contributed by atoms with Crippen LogP contribution in [-0.2, 0) is 17.9 Å². The largest absolute Gasteiger partial charge is 0.480 e. The monoisotopic (exact) mass is 255 g/mol. The molecule has 0 saturated heterocycles. The standard InChI is InChI=1S/C11H21N5O2/c1-4-6-7-16-9(13-14-15-16)8-12-11(3,5-2)10(17)18/h12H,4-8H2,1-3H3,(H,17,18). The first-order valence-electron chi connectivity index (χ1n) is 6.27. The average molecular weight is 255 g/mol. The first-order valence-corrected chi connectivity index (χ1v) is 6.27. The van der Waals surface area contributed by atoms with Gasteiger partial charge >= 0.3 is 5.97 Å². The van der Waals surface area contributed by atoms with Gasteiger partial charge in [-0.1, -0.05) is 20.3 Å². The lowest BCUT2D eigenvalue weighted by Gasteiger charge is -2.24. The quantitative estimate of drug-likeness (QED) is 0.714. The fourth-order valence-corrected chi connectivity index (χ4v) is 1.46. The zero-order valence-corrected chi connectivity index (χ0v) is 11.2. The lowest BCUT2D eigenvalue weighted by atomic mass is 9.99. The van der Waals surface area contributed by atoms with Crippen LogP contribution in [0.15, 0.2) is 0 Å². The summed E-state index contributed by atoms with van der Waals surface area (Å²) in [7, 11) is 0. The molecule has 2 N–H and O–H groups in total. The summed E-state index contributed by atoms with van der Waals surface area (Å²) in [5.41, 5.74) is -0.943. The Kier molecular flexibility index (Phi) is 5.21. The van der Waals surface area contributed by atoms with Crippen molar-refractivity contribution in [3.63, 3.8) is 0 Å². The number of aliphatic carboxylic acids is 1. The number of tetrazole rings is 1. The number of unbranched alkanes of at least 4 members (excludes halogenated alkanes) is 1. The van der Waals surface area contributed by atoms with Crippen molar-refractivity contribution >= 4 is 5.97 Å². The van der Waals surface area contributed by atoms with Gasteiger partial charge in [0, 0.05) is 6.54 Å². The zero-order valence-electron chi connectivity index (χ0n) is 11.2. The van der Waals surface area contributed by atoms with Crippen LogP contribution in [0.2, 0.25) is 0 Å². The van der Waals surface area contributed by atoms with E-state index in [1.165, 1.54) is 0 Å². The molecule has 0 aromatic carbocycles. The van der Waals surface area contributed by atoms with E-state index in [0.717, 1.165) is 19.4 Å². The third-order valence-corrected chi connectivity index (χ3v) is 3.15. The number of hydrogen-bond donors (Lipinski definition) is 2. The van der Waals surface area contributed by atoms with E-state index in [1.54, 1.807) is 11.6 Å². The van der Waals surface area contributed by atoms with Gasteiger partial charge < -0.3 is 5.11 Å².